The van der Waals surface area contributed by atoms with Crippen LogP contribution in [0.1, 0.15) is 30.9 Å². The third kappa shape index (κ3) is 3.12. The molecule has 2 atom stereocenters. The Hall–Kier alpha value is -0.980. The van der Waals surface area contributed by atoms with Gasteiger partial charge in [0.2, 0.25) is 10.0 Å². The molecule has 1 aromatic carbocycles. The molecule has 0 aromatic heterocycles. The molecule has 4 nitrogen and oxygen atoms in total. The summed E-state index contributed by atoms with van der Waals surface area (Å²) in [6, 6.07) is 2.49. The average Bonchev–Trinajstić information content (AvgIpc) is 2.37. The van der Waals surface area contributed by atoms with Gasteiger partial charge in [-0.3, -0.25) is 0 Å². The number of hydrogen-bond acceptors (Lipinski definition) is 3. The Kier molecular flexibility index (Phi) is 4.70. The number of aliphatic hydroxyl groups excluding tert-OH is 1. The van der Waals surface area contributed by atoms with Crippen molar-refractivity contribution >= 4 is 10.0 Å². The highest BCUT2D eigenvalue weighted by molar-refractivity contribution is 7.89. The average molecular weight is 315 g/mol. The summed E-state index contributed by atoms with van der Waals surface area (Å²) in [5.41, 5.74) is 0.846. The first-order chi connectivity index (χ1) is 9.77. The van der Waals surface area contributed by atoms with Crippen molar-refractivity contribution in [2.75, 3.05) is 13.1 Å². The molecule has 6 heteroatoms. The van der Waals surface area contributed by atoms with Crippen molar-refractivity contribution in [2.24, 2.45) is 5.92 Å². The summed E-state index contributed by atoms with van der Waals surface area (Å²) in [7, 11) is -3.65. The van der Waals surface area contributed by atoms with Crippen molar-refractivity contribution in [3.8, 4) is 0 Å². The van der Waals surface area contributed by atoms with E-state index in [1.165, 1.54) is 16.4 Å². The van der Waals surface area contributed by atoms with Gasteiger partial charge in [-0.15, -0.1) is 0 Å². The summed E-state index contributed by atoms with van der Waals surface area (Å²) in [5.74, 6) is -0.473. The van der Waals surface area contributed by atoms with Crippen LogP contribution in [0.5, 0.6) is 0 Å². The van der Waals surface area contributed by atoms with Gasteiger partial charge in [-0.1, -0.05) is 6.92 Å². The number of benzene rings is 1. The minimum atomic E-state index is -3.65. The number of rotatable bonds is 3. The molecule has 2 rings (SSSR count). The van der Waals surface area contributed by atoms with Gasteiger partial charge in [0.25, 0.3) is 0 Å². The first kappa shape index (κ1) is 16.4. The molecule has 1 saturated heterocycles. The van der Waals surface area contributed by atoms with Gasteiger partial charge in [0, 0.05) is 13.1 Å². The van der Waals surface area contributed by atoms with E-state index in [1.54, 1.807) is 13.8 Å². The second-order valence-electron chi connectivity index (χ2n) is 5.76. The summed E-state index contributed by atoms with van der Waals surface area (Å²) in [6.07, 6.45) is 0.725. The van der Waals surface area contributed by atoms with Crippen LogP contribution in [0.25, 0.3) is 0 Å². The van der Waals surface area contributed by atoms with E-state index in [1.807, 2.05) is 6.92 Å². The summed E-state index contributed by atoms with van der Waals surface area (Å²) >= 11 is 0. The lowest BCUT2D eigenvalue weighted by Gasteiger charge is -2.35. The SMILES string of the molecule is CCC1CN(S(=O)(=O)c2c(C)cc(F)cc2C)CCC1O. The number of sulfonamides is 1. The van der Waals surface area contributed by atoms with E-state index in [-0.39, 0.29) is 10.8 Å². The summed E-state index contributed by atoms with van der Waals surface area (Å²) in [6.45, 7) is 5.78. The Morgan fingerprint density at radius 1 is 1.33 bits per heavy atom. The Morgan fingerprint density at radius 3 is 2.43 bits per heavy atom. The molecule has 1 N–H and O–H groups in total. The Labute approximate surface area is 125 Å². The van der Waals surface area contributed by atoms with Crippen molar-refractivity contribution < 1.29 is 17.9 Å². The lowest BCUT2D eigenvalue weighted by molar-refractivity contribution is 0.0520. The smallest absolute Gasteiger partial charge is 0.243 e. The van der Waals surface area contributed by atoms with Gasteiger partial charge >= 0.3 is 0 Å². The fourth-order valence-electron chi connectivity index (χ4n) is 3.04. The molecule has 1 aliphatic rings. The molecule has 21 heavy (non-hydrogen) atoms. The van der Waals surface area contributed by atoms with E-state index < -0.39 is 21.9 Å². The molecule has 0 spiro atoms. The Morgan fingerprint density at radius 2 is 1.90 bits per heavy atom. The van der Waals surface area contributed by atoms with Crippen LogP contribution in [0.4, 0.5) is 4.39 Å². The van der Waals surface area contributed by atoms with E-state index in [2.05, 4.69) is 0 Å². The highest BCUT2D eigenvalue weighted by atomic mass is 32.2. The monoisotopic (exact) mass is 315 g/mol. The van der Waals surface area contributed by atoms with Crippen molar-refractivity contribution in [2.45, 2.75) is 44.6 Å². The normalized spacial score (nSPS) is 24.2. The summed E-state index contributed by atoms with van der Waals surface area (Å²) in [5, 5.41) is 9.90. The number of hydrogen-bond donors (Lipinski definition) is 1. The number of aliphatic hydroxyl groups is 1. The standard InChI is InChI=1S/C15H22FNO3S/c1-4-12-9-17(6-5-14(12)18)21(19,20)15-10(2)7-13(16)8-11(15)3/h7-8,12,14,18H,4-6,9H2,1-3H3. The molecule has 0 amide bonds. The molecule has 0 aliphatic carbocycles. The molecule has 0 bridgehead atoms. The highest BCUT2D eigenvalue weighted by Gasteiger charge is 2.35. The minimum absolute atomic E-state index is 0.0467. The predicted octanol–water partition coefficient (Wildman–Crippen LogP) is 2.22. The third-order valence-corrected chi connectivity index (χ3v) is 6.38. The van der Waals surface area contributed by atoms with Crippen LogP contribution in [0.2, 0.25) is 0 Å². The maximum absolute atomic E-state index is 13.4. The van der Waals surface area contributed by atoms with Gasteiger partial charge < -0.3 is 5.11 Å². The largest absolute Gasteiger partial charge is 0.393 e. The summed E-state index contributed by atoms with van der Waals surface area (Å²) in [4.78, 5) is 0.190. The predicted molar refractivity (Wildman–Crippen MR) is 79.0 cm³/mol. The molecule has 1 aromatic rings. The van der Waals surface area contributed by atoms with Gasteiger partial charge in [0.05, 0.1) is 11.0 Å². The van der Waals surface area contributed by atoms with Gasteiger partial charge in [0.15, 0.2) is 0 Å². The maximum atomic E-state index is 13.4. The van der Waals surface area contributed by atoms with E-state index in [0.717, 1.165) is 6.42 Å². The van der Waals surface area contributed by atoms with Crippen molar-refractivity contribution in [1.29, 1.82) is 0 Å². The Balaban J connectivity index is 2.39. The molecule has 2 unspecified atom stereocenters. The van der Waals surface area contributed by atoms with Crippen LogP contribution < -0.4 is 0 Å². The molecule has 0 radical (unpaired) electrons. The van der Waals surface area contributed by atoms with E-state index in [9.17, 15) is 17.9 Å². The van der Waals surface area contributed by atoms with Crippen molar-refractivity contribution in [1.82, 2.24) is 4.31 Å². The molecular weight excluding hydrogens is 293 g/mol. The molecule has 1 heterocycles. The van der Waals surface area contributed by atoms with E-state index in [4.69, 9.17) is 0 Å². The maximum Gasteiger partial charge on any atom is 0.243 e. The molecule has 1 fully saturated rings. The molecular formula is C15H22FNO3S. The zero-order valence-corrected chi connectivity index (χ0v) is 13.5. The topological polar surface area (TPSA) is 57.6 Å². The van der Waals surface area contributed by atoms with Crippen molar-refractivity contribution in [3.63, 3.8) is 0 Å². The summed E-state index contributed by atoms with van der Waals surface area (Å²) < 4.78 is 40.4. The quantitative estimate of drug-likeness (QED) is 0.930. The first-order valence-electron chi connectivity index (χ1n) is 7.22. The fourth-order valence-corrected chi connectivity index (χ4v) is 4.96. The third-order valence-electron chi connectivity index (χ3n) is 4.20. The first-order valence-corrected chi connectivity index (χ1v) is 8.66. The van der Waals surface area contributed by atoms with Gasteiger partial charge in [-0.2, -0.15) is 4.31 Å². The van der Waals surface area contributed by atoms with Crippen LogP contribution >= 0.6 is 0 Å². The van der Waals surface area contributed by atoms with Crippen LogP contribution in [0, 0.1) is 25.6 Å². The van der Waals surface area contributed by atoms with Crippen LogP contribution in [0.3, 0.4) is 0 Å². The lowest BCUT2D eigenvalue weighted by atomic mass is 9.94. The zero-order valence-electron chi connectivity index (χ0n) is 12.6. The zero-order chi connectivity index (χ0) is 15.8. The number of nitrogens with zero attached hydrogens (tertiary/aromatic N) is 1. The number of halogens is 1. The van der Waals surface area contributed by atoms with Gasteiger partial charge in [-0.05, 0) is 55.9 Å². The second kappa shape index (κ2) is 6.02. The molecule has 1 aliphatic heterocycles. The highest BCUT2D eigenvalue weighted by Crippen LogP contribution is 2.29. The molecule has 0 saturated carbocycles. The lowest BCUT2D eigenvalue weighted by Crippen LogP contribution is -2.46. The number of piperidine rings is 1. The molecule has 118 valence electrons. The van der Waals surface area contributed by atoms with E-state index in [0.29, 0.717) is 30.6 Å². The minimum Gasteiger partial charge on any atom is -0.393 e. The van der Waals surface area contributed by atoms with Gasteiger partial charge in [0.1, 0.15) is 5.82 Å². The van der Waals surface area contributed by atoms with Crippen LogP contribution in [-0.4, -0.2) is 37.0 Å². The van der Waals surface area contributed by atoms with E-state index >= 15 is 0 Å². The number of aryl methyl sites for hydroxylation is 2. The van der Waals surface area contributed by atoms with Crippen molar-refractivity contribution in [3.05, 3.63) is 29.1 Å². The Bertz CT molecular complexity index is 607. The fraction of sp³-hybridized carbons (Fsp3) is 0.600. The second-order valence-corrected chi connectivity index (χ2v) is 7.63. The van der Waals surface area contributed by atoms with Crippen LogP contribution in [-0.2, 0) is 10.0 Å². The van der Waals surface area contributed by atoms with Gasteiger partial charge in [-0.25, -0.2) is 12.8 Å². The van der Waals surface area contributed by atoms with Crippen LogP contribution in [0.15, 0.2) is 17.0 Å².